The Labute approximate surface area is 139 Å². The number of fused-ring (bicyclic) bond motifs is 1. The van der Waals surface area contributed by atoms with E-state index in [-0.39, 0.29) is 24.8 Å². The van der Waals surface area contributed by atoms with Crippen LogP contribution in [0.2, 0.25) is 0 Å². The number of halogens is 1. The van der Waals surface area contributed by atoms with Crippen LogP contribution in [0.25, 0.3) is 0 Å². The smallest absolute Gasteiger partial charge is 0.255 e. The number of rotatable bonds is 5. The van der Waals surface area contributed by atoms with Crippen molar-refractivity contribution in [2.45, 2.75) is 19.5 Å². The average molecular weight is 330 g/mol. The molecule has 1 aliphatic rings. The molecule has 6 heteroatoms. The number of ether oxygens (including phenoxy) is 2. The van der Waals surface area contributed by atoms with Gasteiger partial charge in [0.05, 0.1) is 19.3 Å². The maximum absolute atomic E-state index is 14.0. The Bertz CT molecular complexity index is 777. The van der Waals surface area contributed by atoms with Crippen LogP contribution in [0.5, 0.6) is 11.5 Å². The van der Waals surface area contributed by atoms with Gasteiger partial charge in [-0.25, -0.2) is 4.39 Å². The van der Waals surface area contributed by atoms with E-state index >= 15 is 0 Å². The first kappa shape index (κ1) is 16.3. The molecule has 24 heavy (non-hydrogen) atoms. The summed E-state index contributed by atoms with van der Waals surface area (Å²) in [6, 6.07) is 8.26. The highest BCUT2D eigenvalue weighted by Crippen LogP contribution is 2.33. The molecule has 0 saturated heterocycles. The zero-order valence-electron chi connectivity index (χ0n) is 13.4. The first-order chi connectivity index (χ1) is 11.6. The van der Waals surface area contributed by atoms with Gasteiger partial charge in [-0.2, -0.15) is 0 Å². The topological polar surface area (TPSA) is 73.6 Å². The Morgan fingerprint density at radius 1 is 1.38 bits per heavy atom. The Morgan fingerprint density at radius 3 is 2.92 bits per heavy atom. The standard InChI is InChI=1S/C18H19FN2O3/c1-23-14-7-12-4-5-24-17(12)15(8-14)18(22)21-10-13-3-2-11(9-20)6-16(13)19/h2-3,6-8H,4-5,9-10,20H2,1H3,(H,21,22). The average Bonchev–Trinajstić information content (AvgIpc) is 3.07. The van der Waals surface area contributed by atoms with E-state index < -0.39 is 0 Å². The first-order valence-electron chi connectivity index (χ1n) is 7.71. The van der Waals surface area contributed by atoms with Gasteiger partial charge in [-0.15, -0.1) is 0 Å². The summed E-state index contributed by atoms with van der Waals surface area (Å²) >= 11 is 0. The molecule has 0 bridgehead atoms. The van der Waals surface area contributed by atoms with E-state index in [1.54, 1.807) is 25.3 Å². The zero-order valence-corrected chi connectivity index (χ0v) is 13.4. The molecule has 1 amide bonds. The van der Waals surface area contributed by atoms with Gasteiger partial charge in [0, 0.05) is 30.6 Å². The van der Waals surface area contributed by atoms with Crippen LogP contribution in [-0.2, 0) is 19.5 Å². The summed E-state index contributed by atoms with van der Waals surface area (Å²) < 4.78 is 24.8. The van der Waals surface area contributed by atoms with E-state index in [4.69, 9.17) is 15.2 Å². The molecular formula is C18H19FN2O3. The fraction of sp³-hybridized carbons (Fsp3) is 0.278. The molecule has 0 fully saturated rings. The number of methoxy groups -OCH3 is 1. The summed E-state index contributed by atoms with van der Waals surface area (Å²) in [5, 5.41) is 2.73. The fourth-order valence-corrected chi connectivity index (χ4v) is 2.70. The maximum atomic E-state index is 14.0. The van der Waals surface area contributed by atoms with Crippen LogP contribution in [0.3, 0.4) is 0 Å². The third-order valence-corrected chi connectivity index (χ3v) is 4.03. The third-order valence-electron chi connectivity index (χ3n) is 4.03. The second-order valence-electron chi connectivity index (χ2n) is 5.57. The number of nitrogens with one attached hydrogen (secondary N) is 1. The highest BCUT2D eigenvalue weighted by Gasteiger charge is 2.22. The minimum Gasteiger partial charge on any atom is -0.497 e. The van der Waals surface area contributed by atoms with E-state index in [0.29, 0.717) is 34.8 Å². The number of amides is 1. The van der Waals surface area contributed by atoms with E-state index in [1.807, 2.05) is 6.07 Å². The number of hydrogen-bond donors (Lipinski definition) is 2. The van der Waals surface area contributed by atoms with Crippen molar-refractivity contribution in [1.82, 2.24) is 5.32 Å². The van der Waals surface area contributed by atoms with Gasteiger partial charge in [-0.05, 0) is 23.8 Å². The molecule has 0 atom stereocenters. The number of hydrogen-bond acceptors (Lipinski definition) is 4. The highest BCUT2D eigenvalue weighted by atomic mass is 19.1. The van der Waals surface area contributed by atoms with Gasteiger partial charge < -0.3 is 20.5 Å². The van der Waals surface area contributed by atoms with Gasteiger partial charge in [0.1, 0.15) is 17.3 Å². The predicted molar refractivity (Wildman–Crippen MR) is 87.7 cm³/mol. The number of carbonyl (C=O) groups excluding carboxylic acids is 1. The summed E-state index contributed by atoms with van der Waals surface area (Å²) in [7, 11) is 1.55. The van der Waals surface area contributed by atoms with Gasteiger partial charge in [0.25, 0.3) is 5.91 Å². The molecule has 126 valence electrons. The van der Waals surface area contributed by atoms with Crippen molar-refractivity contribution in [3.63, 3.8) is 0 Å². The zero-order chi connectivity index (χ0) is 17.1. The molecule has 0 radical (unpaired) electrons. The number of benzene rings is 2. The normalized spacial score (nSPS) is 12.5. The molecule has 2 aromatic rings. The fourth-order valence-electron chi connectivity index (χ4n) is 2.70. The van der Waals surface area contributed by atoms with Gasteiger partial charge in [-0.3, -0.25) is 4.79 Å². The quantitative estimate of drug-likeness (QED) is 0.881. The lowest BCUT2D eigenvalue weighted by molar-refractivity contribution is 0.0947. The summed E-state index contributed by atoms with van der Waals surface area (Å²) in [4.78, 5) is 12.5. The minimum atomic E-state index is -0.384. The van der Waals surface area contributed by atoms with Crippen LogP contribution in [-0.4, -0.2) is 19.6 Å². The number of carbonyl (C=O) groups is 1. The van der Waals surface area contributed by atoms with Crippen LogP contribution in [0.1, 0.15) is 27.0 Å². The Balaban J connectivity index is 1.77. The van der Waals surface area contributed by atoms with Crippen molar-refractivity contribution in [1.29, 1.82) is 0 Å². The van der Waals surface area contributed by atoms with Gasteiger partial charge >= 0.3 is 0 Å². The van der Waals surface area contributed by atoms with E-state index in [0.717, 1.165) is 12.0 Å². The Morgan fingerprint density at radius 2 is 2.21 bits per heavy atom. The van der Waals surface area contributed by atoms with Crippen molar-refractivity contribution in [2.75, 3.05) is 13.7 Å². The molecule has 3 N–H and O–H groups in total. The lowest BCUT2D eigenvalue weighted by Gasteiger charge is -2.12. The minimum absolute atomic E-state index is 0.0848. The van der Waals surface area contributed by atoms with E-state index in [9.17, 15) is 9.18 Å². The highest BCUT2D eigenvalue weighted by molar-refractivity contribution is 5.98. The molecule has 1 heterocycles. The van der Waals surface area contributed by atoms with Crippen molar-refractivity contribution < 1.29 is 18.7 Å². The largest absolute Gasteiger partial charge is 0.497 e. The van der Waals surface area contributed by atoms with Crippen LogP contribution in [0, 0.1) is 5.82 Å². The summed E-state index contributed by atoms with van der Waals surface area (Å²) in [6.07, 6.45) is 0.738. The summed E-state index contributed by atoms with van der Waals surface area (Å²) in [6.45, 7) is 0.899. The van der Waals surface area contributed by atoms with Crippen LogP contribution in [0.4, 0.5) is 4.39 Å². The molecular weight excluding hydrogens is 311 g/mol. The lowest BCUT2D eigenvalue weighted by atomic mass is 10.1. The summed E-state index contributed by atoms with van der Waals surface area (Å²) in [5.74, 6) is 0.467. The Hall–Kier alpha value is -2.60. The second-order valence-corrected chi connectivity index (χ2v) is 5.57. The van der Waals surface area contributed by atoms with Crippen molar-refractivity contribution in [3.05, 3.63) is 58.4 Å². The molecule has 0 aliphatic carbocycles. The molecule has 0 spiro atoms. The monoisotopic (exact) mass is 330 g/mol. The molecule has 0 unspecified atom stereocenters. The molecule has 0 saturated carbocycles. The lowest BCUT2D eigenvalue weighted by Crippen LogP contribution is -2.24. The predicted octanol–water partition coefficient (Wildman–Crippen LogP) is 2.16. The van der Waals surface area contributed by atoms with E-state index in [2.05, 4.69) is 5.32 Å². The van der Waals surface area contributed by atoms with E-state index in [1.165, 1.54) is 6.07 Å². The van der Waals surface area contributed by atoms with Crippen molar-refractivity contribution in [3.8, 4) is 11.5 Å². The number of nitrogens with two attached hydrogens (primary N) is 1. The van der Waals surface area contributed by atoms with Crippen LogP contribution in [0.15, 0.2) is 30.3 Å². The second kappa shape index (κ2) is 6.88. The third kappa shape index (κ3) is 3.19. The Kier molecular flexibility index (Phi) is 4.66. The molecule has 3 rings (SSSR count). The van der Waals surface area contributed by atoms with Crippen molar-refractivity contribution in [2.24, 2.45) is 5.73 Å². The van der Waals surface area contributed by atoms with Gasteiger partial charge in [0.2, 0.25) is 0 Å². The first-order valence-corrected chi connectivity index (χ1v) is 7.71. The van der Waals surface area contributed by atoms with Gasteiger partial charge in [0.15, 0.2) is 0 Å². The van der Waals surface area contributed by atoms with Crippen LogP contribution < -0.4 is 20.5 Å². The van der Waals surface area contributed by atoms with Gasteiger partial charge in [-0.1, -0.05) is 12.1 Å². The molecule has 2 aromatic carbocycles. The molecule has 1 aliphatic heterocycles. The molecule has 0 aromatic heterocycles. The van der Waals surface area contributed by atoms with Crippen molar-refractivity contribution >= 4 is 5.91 Å². The summed E-state index contributed by atoms with van der Waals surface area (Å²) in [5.41, 5.74) is 7.94. The maximum Gasteiger partial charge on any atom is 0.255 e. The van der Waals surface area contributed by atoms with Crippen LogP contribution >= 0.6 is 0 Å². The SMILES string of the molecule is COc1cc2c(c(C(=O)NCc3ccc(CN)cc3F)c1)OCC2. The molecule has 5 nitrogen and oxygen atoms in total.